The van der Waals surface area contributed by atoms with Gasteiger partial charge in [0, 0.05) is 42.1 Å². The van der Waals surface area contributed by atoms with Gasteiger partial charge in [0.05, 0.1) is 6.33 Å². The topological polar surface area (TPSA) is 45.6 Å². The predicted molar refractivity (Wildman–Crippen MR) is 93.5 cm³/mol. The molecular weight excluding hydrogens is 284 g/mol. The van der Waals surface area contributed by atoms with Crippen molar-refractivity contribution in [2.45, 2.75) is 45.2 Å². The number of aromatic amines is 1. The third kappa shape index (κ3) is 3.17. The van der Waals surface area contributed by atoms with Gasteiger partial charge in [0.2, 0.25) is 0 Å². The third-order valence-corrected chi connectivity index (χ3v) is 4.82. The summed E-state index contributed by atoms with van der Waals surface area (Å²) in [4.78, 5) is 7.67. The molecule has 1 aliphatic rings. The molecule has 0 aliphatic heterocycles. The van der Waals surface area contributed by atoms with Gasteiger partial charge in [-0.25, -0.2) is 4.98 Å². The number of nitrogens with zero attached hydrogens (tertiary/aromatic N) is 2. The SMILES string of the molecule is c1cn(CCCNCc2ccc3[nH]c4c(c3c2)CCCC4)cn1. The second kappa shape index (κ2) is 6.59. The van der Waals surface area contributed by atoms with E-state index in [1.165, 1.54) is 47.8 Å². The summed E-state index contributed by atoms with van der Waals surface area (Å²) in [6.07, 6.45) is 12.0. The maximum Gasteiger partial charge on any atom is 0.0945 e. The summed E-state index contributed by atoms with van der Waals surface area (Å²) < 4.78 is 2.12. The van der Waals surface area contributed by atoms with E-state index in [1.807, 2.05) is 18.7 Å². The lowest BCUT2D eigenvalue weighted by Gasteiger charge is -2.10. The molecule has 4 heteroatoms. The Morgan fingerprint density at radius 3 is 3.09 bits per heavy atom. The summed E-state index contributed by atoms with van der Waals surface area (Å²) in [5, 5.41) is 5.00. The van der Waals surface area contributed by atoms with E-state index < -0.39 is 0 Å². The van der Waals surface area contributed by atoms with Crippen LogP contribution >= 0.6 is 0 Å². The van der Waals surface area contributed by atoms with Crippen LogP contribution in [0.25, 0.3) is 10.9 Å². The fourth-order valence-corrected chi connectivity index (χ4v) is 3.60. The van der Waals surface area contributed by atoms with Crippen LogP contribution in [0.5, 0.6) is 0 Å². The van der Waals surface area contributed by atoms with E-state index >= 15 is 0 Å². The number of H-pyrrole nitrogens is 1. The molecule has 4 rings (SSSR count). The Kier molecular flexibility index (Phi) is 4.16. The average molecular weight is 308 g/mol. The lowest BCUT2D eigenvalue weighted by molar-refractivity contribution is 0.581. The normalized spacial score (nSPS) is 14.3. The van der Waals surface area contributed by atoms with E-state index in [0.717, 1.165) is 26.1 Å². The first-order valence-electron chi connectivity index (χ1n) is 8.69. The number of hydrogen-bond acceptors (Lipinski definition) is 2. The number of aromatic nitrogens is 3. The summed E-state index contributed by atoms with van der Waals surface area (Å²) >= 11 is 0. The van der Waals surface area contributed by atoms with E-state index in [9.17, 15) is 0 Å². The van der Waals surface area contributed by atoms with Crippen molar-refractivity contribution < 1.29 is 0 Å². The molecule has 3 aromatic rings. The Morgan fingerprint density at radius 1 is 1.22 bits per heavy atom. The highest BCUT2D eigenvalue weighted by Crippen LogP contribution is 2.29. The maximum atomic E-state index is 4.07. The van der Waals surface area contributed by atoms with Gasteiger partial charge in [-0.3, -0.25) is 0 Å². The number of aryl methyl sites for hydroxylation is 3. The van der Waals surface area contributed by atoms with Crippen LogP contribution in [0.15, 0.2) is 36.9 Å². The molecule has 0 saturated carbocycles. The van der Waals surface area contributed by atoms with E-state index in [4.69, 9.17) is 0 Å². The second-order valence-electron chi connectivity index (χ2n) is 6.50. The maximum absolute atomic E-state index is 4.07. The van der Waals surface area contributed by atoms with Crippen molar-refractivity contribution in [2.75, 3.05) is 6.54 Å². The standard InChI is InChI=1S/C19H24N4/c1-2-5-18-16(4-1)17-12-15(6-7-19(17)22-18)13-20-8-3-10-23-11-9-21-14-23/h6-7,9,11-12,14,20,22H,1-5,8,10,13H2. The molecule has 2 N–H and O–H groups in total. The first-order valence-corrected chi connectivity index (χ1v) is 8.69. The minimum Gasteiger partial charge on any atom is -0.358 e. The summed E-state index contributed by atoms with van der Waals surface area (Å²) in [7, 11) is 0. The van der Waals surface area contributed by atoms with Gasteiger partial charge >= 0.3 is 0 Å². The van der Waals surface area contributed by atoms with Crippen LogP contribution < -0.4 is 5.32 Å². The van der Waals surface area contributed by atoms with Crippen molar-refractivity contribution in [3.8, 4) is 0 Å². The van der Waals surface area contributed by atoms with Crippen molar-refractivity contribution in [3.05, 3.63) is 53.7 Å². The van der Waals surface area contributed by atoms with Crippen LogP contribution in [0.2, 0.25) is 0 Å². The minimum absolute atomic E-state index is 0.944. The fourth-order valence-electron chi connectivity index (χ4n) is 3.60. The fraction of sp³-hybridized carbons (Fsp3) is 0.421. The van der Waals surface area contributed by atoms with Crippen molar-refractivity contribution in [1.29, 1.82) is 0 Å². The van der Waals surface area contributed by atoms with E-state index in [-0.39, 0.29) is 0 Å². The van der Waals surface area contributed by atoms with Gasteiger partial charge in [0.1, 0.15) is 0 Å². The zero-order valence-corrected chi connectivity index (χ0v) is 13.5. The molecule has 2 aromatic heterocycles. The number of hydrogen-bond donors (Lipinski definition) is 2. The van der Waals surface area contributed by atoms with Crippen LogP contribution in [0.4, 0.5) is 0 Å². The summed E-state index contributed by atoms with van der Waals surface area (Å²) in [5.74, 6) is 0. The zero-order chi connectivity index (χ0) is 15.5. The van der Waals surface area contributed by atoms with E-state index in [1.54, 1.807) is 5.56 Å². The number of fused-ring (bicyclic) bond motifs is 3. The second-order valence-corrected chi connectivity index (χ2v) is 6.50. The van der Waals surface area contributed by atoms with Crippen LogP contribution in [-0.2, 0) is 25.9 Å². The van der Waals surface area contributed by atoms with Gasteiger partial charge < -0.3 is 14.9 Å². The average Bonchev–Trinajstić information content (AvgIpc) is 3.21. The van der Waals surface area contributed by atoms with Crippen molar-refractivity contribution >= 4 is 10.9 Å². The Hall–Kier alpha value is -2.07. The highest BCUT2D eigenvalue weighted by molar-refractivity contribution is 5.85. The Balaban J connectivity index is 1.35. The van der Waals surface area contributed by atoms with Gasteiger partial charge in [-0.15, -0.1) is 0 Å². The quantitative estimate of drug-likeness (QED) is 0.685. The molecule has 1 aromatic carbocycles. The van der Waals surface area contributed by atoms with Gasteiger partial charge in [-0.1, -0.05) is 6.07 Å². The van der Waals surface area contributed by atoms with Gasteiger partial charge in [0.25, 0.3) is 0 Å². The molecular formula is C19H24N4. The predicted octanol–water partition coefficient (Wildman–Crippen LogP) is 3.42. The lowest BCUT2D eigenvalue weighted by atomic mass is 9.95. The first-order chi connectivity index (χ1) is 11.4. The van der Waals surface area contributed by atoms with Crippen LogP contribution in [0.1, 0.15) is 36.1 Å². The van der Waals surface area contributed by atoms with E-state index in [0.29, 0.717) is 0 Å². The molecule has 0 spiro atoms. The Bertz CT molecular complexity index is 770. The molecule has 23 heavy (non-hydrogen) atoms. The molecule has 0 saturated heterocycles. The van der Waals surface area contributed by atoms with Gasteiger partial charge in [-0.2, -0.15) is 0 Å². The Morgan fingerprint density at radius 2 is 2.17 bits per heavy atom. The number of rotatable bonds is 6. The monoisotopic (exact) mass is 308 g/mol. The molecule has 0 fully saturated rings. The van der Waals surface area contributed by atoms with Gasteiger partial charge in [0.15, 0.2) is 0 Å². The molecule has 1 aliphatic carbocycles. The van der Waals surface area contributed by atoms with E-state index in [2.05, 4.69) is 38.1 Å². The minimum atomic E-state index is 0.944. The molecule has 2 heterocycles. The largest absolute Gasteiger partial charge is 0.358 e. The molecule has 0 atom stereocenters. The smallest absolute Gasteiger partial charge is 0.0945 e. The zero-order valence-electron chi connectivity index (χ0n) is 13.5. The van der Waals surface area contributed by atoms with Crippen molar-refractivity contribution in [3.63, 3.8) is 0 Å². The van der Waals surface area contributed by atoms with Crippen molar-refractivity contribution in [2.24, 2.45) is 0 Å². The van der Waals surface area contributed by atoms with Gasteiger partial charge in [-0.05, 0) is 61.9 Å². The molecule has 4 nitrogen and oxygen atoms in total. The van der Waals surface area contributed by atoms with Crippen LogP contribution in [-0.4, -0.2) is 21.1 Å². The summed E-state index contributed by atoms with van der Waals surface area (Å²) in [5.41, 5.74) is 5.72. The third-order valence-electron chi connectivity index (χ3n) is 4.82. The summed E-state index contributed by atoms with van der Waals surface area (Å²) in [6.45, 7) is 3.00. The molecule has 0 radical (unpaired) electrons. The molecule has 0 amide bonds. The number of nitrogens with one attached hydrogen (secondary N) is 2. The molecule has 0 unspecified atom stereocenters. The van der Waals surface area contributed by atoms with Crippen molar-refractivity contribution in [1.82, 2.24) is 19.9 Å². The summed E-state index contributed by atoms with van der Waals surface area (Å²) in [6, 6.07) is 6.86. The highest BCUT2D eigenvalue weighted by atomic mass is 15.0. The lowest BCUT2D eigenvalue weighted by Crippen LogP contribution is -2.16. The first kappa shape index (κ1) is 14.5. The highest BCUT2D eigenvalue weighted by Gasteiger charge is 2.15. The Labute approximate surface area is 136 Å². The van der Waals surface area contributed by atoms with Crippen LogP contribution in [0.3, 0.4) is 0 Å². The number of imidazole rings is 1. The number of benzene rings is 1. The molecule has 0 bridgehead atoms. The molecule has 120 valence electrons. The van der Waals surface area contributed by atoms with Crippen LogP contribution in [0, 0.1) is 0 Å².